The van der Waals surface area contributed by atoms with Crippen LogP contribution in [-0.2, 0) is 17.8 Å². The third-order valence-electron chi connectivity index (χ3n) is 4.87. The van der Waals surface area contributed by atoms with Gasteiger partial charge in [0.1, 0.15) is 5.82 Å². The molecule has 1 aliphatic rings. The lowest BCUT2D eigenvalue weighted by Gasteiger charge is -2.30. The van der Waals surface area contributed by atoms with Crippen molar-refractivity contribution in [3.63, 3.8) is 0 Å². The van der Waals surface area contributed by atoms with Crippen LogP contribution in [0.4, 0.5) is 5.82 Å². The summed E-state index contributed by atoms with van der Waals surface area (Å²) in [6.45, 7) is 5.96. The van der Waals surface area contributed by atoms with Gasteiger partial charge < -0.3 is 15.1 Å². The summed E-state index contributed by atoms with van der Waals surface area (Å²) in [5.41, 5.74) is 2.99. The van der Waals surface area contributed by atoms with Gasteiger partial charge in [-0.25, -0.2) is 9.97 Å². The van der Waals surface area contributed by atoms with Gasteiger partial charge in [-0.05, 0) is 39.1 Å². The molecule has 2 aromatic heterocycles. The van der Waals surface area contributed by atoms with Crippen LogP contribution in [0.25, 0.3) is 11.4 Å². The quantitative estimate of drug-likeness (QED) is 0.843. The first kappa shape index (κ1) is 19.2. The second kappa shape index (κ2) is 8.43. The first-order valence-electron chi connectivity index (χ1n) is 9.45. The van der Waals surface area contributed by atoms with E-state index in [4.69, 9.17) is 9.97 Å². The molecule has 1 atom stereocenters. The molecule has 0 radical (unpaired) electrons. The lowest BCUT2D eigenvalue weighted by atomic mass is 10.0. The van der Waals surface area contributed by atoms with Crippen molar-refractivity contribution in [2.75, 3.05) is 32.5 Å². The zero-order valence-corrected chi connectivity index (χ0v) is 16.6. The molecule has 3 heterocycles. The van der Waals surface area contributed by atoms with Crippen LogP contribution >= 0.6 is 0 Å². The first-order chi connectivity index (χ1) is 13.0. The number of likely N-dealkylation sites (N-methyl/N-ethyl adjacent to an activating group) is 1. The largest absolute Gasteiger partial charge is 0.366 e. The van der Waals surface area contributed by atoms with Gasteiger partial charge in [0.2, 0.25) is 5.91 Å². The van der Waals surface area contributed by atoms with Crippen LogP contribution in [0.15, 0.2) is 24.5 Å². The fourth-order valence-electron chi connectivity index (χ4n) is 3.36. The maximum Gasteiger partial charge on any atom is 0.219 e. The SMILES string of the molecule is CC[C@H](CN(C)C)Nc1nc(-c2ccncc2)nc2c1CCN(C(C)=O)C2. The molecule has 1 amide bonds. The van der Waals surface area contributed by atoms with E-state index in [-0.39, 0.29) is 5.91 Å². The molecule has 1 N–H and O–H groups in total. The van der Waals surface area contributed by atoms with Crippen LogP contribution in [0.3, 0.4) is 0 Å². The van der Waals surface area contributed by atoms with E-state index in [0.29, 0.717) is 25.0 Å². The Morgan fingerprint density at radius 3 is 2.67 bits per heavy atom. The number of rotatable bonds is 6. The van der Waals surface area contributed by atoms with Gasteiger partial charge in [-0.2, -0.15) is 0 Å². The van der Waals surface area contributed by atoms with Crippen LogP contribution in [-0.4, -0.2) is 63.9 Å². The van der Waals surface area contributed by atoms with Gasteiger partial charge in [-0.1, -0.05) is 6.92 Å². The molecule has 7 nitrogen and oxygen atoms in total. The molecule has 0 unspecified atom stereocenters. The number of aromatic nitrogens is 3. The number of nitrogens with one attached hydrogen (secondary N) is 1. The van der Waals surface area contributed by atoms with Gasteiger partial charge in [0, 0.05) is 49.6 Å². The van der Waals surface area contributed by atoms with Gasteiger partial charge in [0.25, 0.3) is 0 Å². The summed E-state index contributed by atoms with van der Waals surface area (Å²) in [5.74, 6) is 1.64. The third-order valence-corrected chi connectivity index (χ3v) is 4.87. The predicted molar refractivity (Wildman–Crippen MR) is 106 cm³/mol. The summed E-state index contributed by atoms with van der Waals surface area (Å²) in [6.07, 6.45) is 5.26. The molecule has 2 aromatic rings. The van der Waals surface area contributed by atoms with Crippen molar-refractivity contribution in [3.8, 4) is 11.4 Å². The van der Waals surface area contributed by atoms with Crippen LogP contribution in [0.2, 0.25) is 0 Å². The third kappa shape index (κ3) is 4.60. The number of hydrogen-bond acceptors (Lipinski definition) is 6. The minimum absolute atomic E-state index is 0.0817. The Hall–Kier alpha value is -2.54. The number of nitrogens with zero attached hydrogens (tertiary/aromatic N) is 5. The molecular formula is C20H28N6O. The van der Waals surface area contributed by atoms with E-state index in [1.807, 2.05) is 17.0 Å². The molecular weight excluding hydrogens is 340 g/mol. The highest BCUT2D eigenvalue weighted by molar-refractivity contribution is 5.74. The molecule has 27 heavy (non-hydrogen) atoms. The molecule has 7 heteroatoms. The summed E-state index contributed by atoms with van der Waals surface area (Å²) >= 11 is 0. The Balaban J connectivity index is 2.00. The number of fused-ring (bicyclic) bond motifs is 1. The van der Waals surface area contributed by atoms with E-state index in [9.17, 15) is 4.79 Å². The van der Waals surface area contributed by atoms with E-state index in [0.717, 1.165) is 42.0 Å². The summed E-state index contributed by atoms with van der Waals surface area (Å²) in [7, 11) is 4.15. The molecule has 0 fully saturated rings. The summed E-state index contributed by atoms with van der Waals surface area (Å²) in [6, 6.07) is 4.12. The van der Waals surface area contributed by atoms with Gasteiger partial charge >= 0.3 is 0 Å². The number of carbonyl (C=O) groups is 1. The Kier molecular flexibility index (Phi) is 6.01. The summed E-state index contributed by atoms with van der Waals surface area (Å²) in [5, 5.41) is 3.63. The number of carbonyl (C=O) groups excluding carboxylic acids is 1. The van der Waals surface area contributed by atoms with E-state index in [1.165, 1.54) is 0 Å². The van der Waals surface area contributed by atoms with Crippen molar-refractivity contribution < 1.29 is 4.79 Å². The fourth-order valence-corrected chi connectivity index (χ4v) is 3.36. The number of anilines is 1. The lowest BCUT2D eigenvalue weighted by Crippen LogP contribution is -2.37. The molecule has 1 aliphatic heterocycles. The average Bonchev–Trinajstić information content (AvgIpc) is 2.67. The van der Waals surface area contributed by atoms with Gasteiger partial charge in [-0.15, -0.1) is 0 Å². The second-order valence-electron chi connectivity index (χ2n) is 7.26. The predicted octanol–water partition coefficient (Wildman–Crippen LogP) is 2.20. The Labute approximate surface area is 160 Å². The molecule has 144 valence electrons. The molecule has 3 rings (SSSR count). The van der Waals surface area contributed by atoms with E-state index in [1.54, 1.807) is 19.3 Å². The lowest BCUT2D eigenvalue weighted by molar-refractivity contribution is -0.129. The molecule has 0 spiro atoms. The maximum atomic E-state index is 11.8. The van der Waals surface area contributed by atoms with E-state index >= 15 is 0 Å². The number of amides is 1. The summed E-state index contributed by atoms with van der Waals surface area (Å²) in [4.78, 5) is 29.6. The topological polar surface area (TPSA) is 74.2 Å². The molecule has 0 aliphatic carbocycles. The van der Waals surface area contributed by atoms with Crippen molar-refractivity contribution >= 4 is 11.7 Å². The first-order valence-corrected chi connectivity index (χ1v) is 9.45. The minimum atomic E-state index is 0.0817. The smallest absolute Gasteiger partial charge is 0.219 e. The molecule has 0 aromatic carbocycles. The Morgan fingerprint density at radius 1 is 1.30 bits per heavy atom. The van der Waals surface area contributed by atoms with Crippen LogP contribution < -0.4 is 5.32 Å². The van der Waals surface area contributed by atoms with Crippen molar-refractivity contribution in [1.29, 1.82) is 0 Å². The van der Waals surface area contributed by atoms with Crippen molar-refractivity contribution in [2.24, 2.45) is 0 Å². The monoisotopic (exact) mass is 368 g/mol. The number of hydrogen-bond donors (Lipinski definition) is 1. The zero-order valence-electron chi connectivity index (χ0n) is 16.6. The summed E-state index contributed by atoms with van der Waals surface area (Å²) < 4.78 is 0. The number of pyridine rings is 1. The van der Waals surface area contributed by atoms with Gasteiger partial charge in [0.15, 0.2) is 5.82 Å². The molecule has 0 saturated heterocycles. The van der Waals surface area contributed by atoms with Crippen LogP contribution in [0.1, 0.15) is 31.5 Å². The Morgan fingerprint density at radius 2 is 2.04 bits per heavy atom. The van der Waals surface area contributed by atoms with Gasteiger partial charge in [-0.3, -0.25) is 9.78 Å². The minimum Gasteiger partial charge on any atom is -0.366 e. The van der Waals surface area contributed by atoms with Gasteiger partial charge in [0.05, 0.1) is 12.2 Å². The molecule has 0 saturated carbocycles. The van der Waals surface area contributed by atoms with Crippen molar-refractivity contribution in [1.82, 2.24) is 24.8 Å². The second-order valence-corrected chi connectivity index (χ2v) is 7.26. The average molecular weight is 368 g/mol. The van der Waals surface area contributed by atoms with Crippen LogP contribution in [0, 0.1) is 0 Å². The highest BCUT2D eigenvalue weighted by Gasteiger charge is 2.25. The molecule has 0 bridgehead atoms. The van der Waals surface area contributed by atoms with Crippen molar-refractivity contribution in [3.05, 3.63) is 35.8 Å². The van der Waals surface area contributed by atoms with Crippen LogP contribution in [0.5, 0.6) is 0 Å². The fraction of sp³-hybridized carbons (Fsp3) is 0.500. The highest BCUT2D eigenvalue weighted by Crippen LogP contribution is 2.27. The van der Waals surface area contributed by atoms with Crippen molar-refractivity contribution in [2.45, 2.75) is 39.3 Å². The Bertz CT molecular complexity index is 793. The standard InChI is InChI=1S/C20H28N6O/c1-5-16(12-25(3)4)22-20-17-8-11-26(14(2)27)13-18(17)23-19(24-20)15-6-9-21-10-7-15/h6-7,9-10,16H,5,8,11-13H2,1-4H3,(H,22,23,24)/t16-/m1/s1. The highest BCUT2D eigenvalue weighted by atomic mass is 16.2. The normalized spacial score (nSPS) is 14.8. The zero-order chi connectivity index (χ0) is 19.4. The maximum absolute atomic E-state index is 11.8. The van der Waals surface area contributed by atoms with E-state index in [2.05, 4.69) is 36.2 Å². The van der Waals surface area contributed by atoms with E-state index < -0.39 is 0 Å².